The first kappa shape index (κ1) is 25.0. The molecule has 4 rings (SSSR count). The molecule has 2 aliphatic rings. The van der Waals surface area contributed by atoms with Gasteiger partial charge in [0.1, 0.15) is 22.9 Å². The number of sulfonamides is 1. The van der Waals surface area contributed by atoms with E-state index < -0.39 is 54.0 Å². The lowest BCUT2D eigenvalue weighted by molar-refractivity contribution is -0.387. The number of amides is 1. The number of halogens is 2. The summed E-state index contributed by atoms with van der Waals surface area (Å²) in [6.45, 7) is 2.23. The van der Waals surface area contributed by atoms with Crippen molar-refractivity contribution >= 4 is 21.6 Å². The molecular weight excluding hydrogens is 484 g/mol. The number of rotatable bonds is 5. The highest BCUT2D eigenvalue weighted by atomic mass is 32.2. The van der Waals surface area contributed by atoms with E-state index in [1.807, 2.05) is 0 Å². The lowest BCUT2D eigenvalue weighted by atomic mass is 9.77. The zero-order valence-electron chi connectivity index (χ0n) is 19.3. The number of methoxy groups -OCH3 is 1. The highest BCUT2D eigenvalue weighted by molar-refractivity contribution is 7.89. The molecule has 0 radical (unpaired) electrons. The standard InChI is InChI=1S/C23H25F2N3O6S/c1-15-3-5-17(24)20(21(15)25)22(29)26-10-7-23(8-11-26)9-12-27(14-23)35(32,33)19-6-4-16(34-2)13-18(19)28(30)31/h3-6,13H,7-12,14H2,1-2H3. The maximum atomic E-state index is 14.4. The number of aryl methyl sites for hydroxylation is 1. The third-order valence-electron chi connectivity index (χ3n) is 6.99. The minimum Gasteiger partial charge on any atom is -0.497 e. The van der Waals surface area contributed by atoms with E-state index >= 15 is 0 Å². The molecule has 0 saturated carbocycles. The quantitative estimate of drug-likeness (QED) is 0.451. The molecule has 188 valence electrons. The number of benzene rings is 2. The van der Waals surface area contributed by atoms with E-state index in [9.17, 15) is 32.1 Å². The smallest absolute Gasteiger partial charge is 0.293 e. The predicted octanol–water partition coefficient (Wildman–Crippen LogP) is 3.51. The van der Waals surface area contributed by atoms with Gasteiger partial charge in [0.15, 0.2) is 4.90 Å². The van der Waals surface area contributed by atoms with Gasteiger partial charge < -0.3 is 9.64 Å². The summed E-state index contributed by atoms with van der Waals surface area (Å²) in [6, 6.07) is 5.94. The topological polar surface area (TPSA) is 110 Å². The Morgan fingerprint density at radius 2 is 1.77 bits per heavy atom. The summed E-state index contributed by atoms with van der Waals surface area (Å²) in [5.41, 5.74) is -1.39. The second kappa shape index (κ2) is 9.15. The Labute approximate surface area is 201 Å². The van der Waals surface area contributed by atoms with Crippen LogP contribution in [0.3, 0.4) is 0 Å². The number of hydrogen-bond acceptors (Lipinski definition) is 6. The van der Waals surface area contributed by atoms with Crippen molar-refractivity contribution in [1.82, 2.24) is 9.21 Å². The number of nitro benzene ring substituents is 1. The van der Waals surface area contributed by atoms with Gasteiger partial charge in [0.05, 0.1) is 18.1 Å². The zero-order valence-corrected chi connectivity index (χ0v) is 20.1. The Bertz CT molecular complexity index is 1290. The number of piperidine rings is 1. The van der Waals surface area contributed by atoms with E-state index in [0.717, 1.165) is 12.1 Å². The highest BCUT2D eigenvalue weighted by Gasteiger charge is 2.46. The third-order valence-corrected chi connectivity index (χ3v) is 8.89. The molecule has 2 aromatic rings. The molecule has 0 bridgehead atoms. The molecule has 1 spiro atoms. The van der Waals surface area contributed by atoms with E-state index in [4.69, 9.17) is 4.74 Å². The van der Waals surface area contributed by atoms with E-state index in [-0.39, 0.29) is 37.5 Å². The van der Waals surface area contributed by atoms with Gasteiger partial charge in [-0.05, 0) is 55.4 Å². The highest BCUT2D eigenvalue weighted by Crippen LogP contribution is 2.43. The fourth-order valence-electron chi connectivity index (χ4n) is 4.83. The Hall–Kier alpha value is -3.12. The van der Waals surface area contributed by atoms with Gasteiger partial charge in [-0.2, -0.15) is 4.31 Å². The van der Waals surface area contributed by atoms with E-state index in [1.165, 1.54) is 41.4 Å². The summed E-state index contributed by atoms with van der Waals surface area (Å²) in [7, 11) is -2.82. The molecule has 0 unspecified atom stereocenters. The largest absolute Gasteiger partial charge is 0.497 e. The summed E-state index contributed by atoms with van der Waals surface area (Å²) in [5.74, 6) is -2.35. The van der Waals surface area contributed by atoms with Crippen LogP contribution in [0.4, 0.5) is 14.5 Å². The van der Waals surface area contributed by atoms with Crippen LogP contribution in [-0.2, 0) is 10.0 Å². The van der Waals surface area contributed by atoms with Crippen molar-refractivity contribution in [3.63, 3.8) is 0 Å². The first-order valence-electron chi connectivity index (χ1n) is 11.1. The van der Waals surface area contributed by atoms with Crippen molar-refractivity contribution in [3.8, 4) is 5.75 Å². The molecule has 9 nitrogen and oxygen atoms in total. The van der Waals surface area contributed by atoms with Crippen LogP contribution >= 0.6 is 0 Å². The SMILES string of the molecule is COc1ccc(S(=O)(=O)N2CCC3(CCN(C(=O)c4c(F)ccc(C)c4F)CC3)C2)c([N+](=O)[O-])c1. The van der Waals surface area contributed by atoms with Crippen LogP contribution in [0.25, 0.3) is 0 Å². The van der Waals surface area contributed by atoms with E-state index in [2.05, 4.69) is 0 Å². The van der Waals surface area contributed by atoms with Crippen LogP contribution in [0, 0.1) is 34.1 Å². The van der Waals surface area contributed by atoms with Crippen LogP contribution in [0.5, 0.6) is 5.75 Å². The average Bonchev–Trinajstić information content (AvgIpc) is 3.26. The maximum Gasteiger partial charge on any atom is 0.293 e. The Balaban J connectivity index is 1.50. The van der Waals surface area contributed by atoms with Crippen LogP contribution in [0.1, 0.15) is 35.2 Å². The van der Waals surface area contributed by atoms with E-state index in [1.54, 1.807) is 0 Å². The third kappa shape index (κ3) is 4.47. The minimum absolute atomic E-state index is 0.147. The summed E-state index contributed by atoms with van der Waals surface area (Å²) in [6.07, 6.45) is 1.42. The van der Waals surface area contributed by atoms with Crippen molar-refractivity contribution in [2.45, 2.75) is 31.1 Å². The molecular formula is C23H25F2N3O6S. The number of ether oxygens (including phenoxy) is 1. The maximum absolute atomic E-state index is 14.4. The summed E-state index contributed by atoms with van der Waals surface area (Å²) in [4.78, 5) is 24.6. The number of carbonyl (C=O) groups is 1. The monoisotopic (exact) mass is 509 g/mol. The number of nitrogens with zero attached hydrogens (tertiary/aromatic N) is 3. The van der Waals surface area contributed by atoms with Crippen LogP contribution in [0.2, 0.25) is 0 Å². The normalized spacial score (nSPS) is 18.1. The van der Waals surface area contributed by atoms with E-state index in [0.29, 0.717) is 19.3 Å². The Kier molecular flexibility index (Phi) is 6.54. The molecule has 12 heteroatoms. The van der Waals surface area contributed by atoms with Crippen LogP contribution < -0.4 is 4.74 Å². The van der Waals surface area contributed by atoms with Gasteiger partial charge in [0.2, 0.25) is 10.0 Å². The predicted molar refractivity (Wildman–Crippen MR) is 122 cm³/mol. The van der Waals surface area contributed by atoms with Gasteiger partial charge >= 0.3 is 0 Å². The number of carbonyl (C=O) groups excluding carboxylic acids is 1. The van der Waals surface area contributed by atoms with Crippen molar-refractivity contribution in [2.24, 2.45) is 5.41 Å². The Morgan fingerprint density at radius 1 is 1.11 bits per heavy atom. The molecule has 0 N–H and O–H groups in total. The van der Waals surface area contributed by atoms with Crippen LogP contribution in [-0.4, -0.2) is 61.7 Å². The van der Waals surface area contributed by atoms with Gasteiger partial charge in [-0.15, -0.1) is 0 Å². The Morgan fingerprint density at radius 3 is 2.40 bits per heavy atom. The lowest BCUT2D eigenvalue weighted by Crippen LogP contribution is -2.45. The van der Waals surface area contributed by atoms with Crippen molar-refractivity contribution in [2.75, 3.05) is 33.3 Å². The minimum atomic E-state index is -4.15. The number of hydrogen-bond donors (Lipinski definition) is 0. The second-order valence-corrected chi connectivity index (χ2v) is 10.9. The molecule has 0 atom stereocenters. The fraction of sp³-hybridized carbons (Fsp3) is 0.435. The summed E-state index contributed by atoms with van der Waals surface area (Å²) in [5, 5.41) is 11.5. The first-order valence-corrected chi connectivity index (χ1v) is 12.5. The lowest BCUT2D eigenvalue weighted by Gasteiger charge is -2.39. The summed E-state index contributed by atoms with van der Waals surface area (Å²) < 4.78 is 61.4. The summed E-state index contributed by atoms with van der Waals surface area (Å²) >= 11 is 0. The van der Waals surface area contributed by atoms with Gasteiger partial charge in [-0.25, -0.2) is 17.2 Å². The molecule has 2 heterocycles. The molecule has 2 aromatic carbocycles. The second-order valence-electron chi connectivity index (χ2n) is 9.02. The molecule has 35 heavy (non-hydrogen) atoms. The zero-order chi connectivity index (χ0) is 25.5. The first-order chi connectivity index (χ1) is 16.5. The molecule has 0 aliphatic carbocycles. The van der Waals surface area contributed by atoms with Crippen molar-refractivity contribution < 1.29 is 31.7 Å². The molecule has 2 aliphatic heterocycles. The fourth-order valence-corrected chi connectivity index (χ4v) is 6.52. The number of nitro groups is 1. The van der Waals surface area contributed by atoms with Crippen LogP contribution in [0.15, 0.2) is 35.2 Å². The van der Waals surface area contributed by atoms with Crippen molar-refractivity contribution in [3.05, 3.63) is 63.2 Å². The van der Waals surface area contributed by atoms with Gasteiger partial charge in [0, 0.05) is 26.2 Å². The molecule has 0 aromatic heterocycles. The van der Waals surface area contributed by atoms with Gasteiger partial charge in [-0.3, -0.25) is 14.9 Å². The average molecular weight is 510 g/mol. The van der Waals surface area contributed by atoms with Gasteiger partial charge in [-0.1, -0.05) is 6.07 Å². The molecule has 1 amide bonds. The number of likely N-dealkylation sites (tertiary alicyclic amines) is 1. The molecule has 2 saturated heterocycles. The molecule has 2 fully saturated rings. The van der Waals surface area contributed by atoms with Gasteiger partial charge in [0.25, 0.3) is 11.6 Å². The van der Waals surface area contributed by atoms with Crippen molar-refractivity contribution in [1.29, 1.82) is 0 Å².